The van der Waals surface area contributed by atoms with Crippen LogP contribution in [-0.4, -0.2) is 64.6 Å². The van der Waals surface area contributed by atoms with Crippen LogP contribution in [0.4, 0.5) is 0 Å². The molecule has 1 aromatic heterocycles. The molecule has 0 N–H and O–H groups in total. The molecule has 0 aliphatic carbocycles. The lowest BCUT2D eigenvalue weighted by Gasteiger charge is -2.34. The number of benzene rings is 1. The number of aromatic nitrogens is 2. The number of amides is 1. The van der Waals surface area contributed by atoms with Crippen LogP contribution in [0.25, 0.3) is 0 Å². The third kappa shape index (κ3) is 5.10. The SMILES string of the molecule is Cc1ccccc1OCC(=O)N1CCN(CCn2ccnc2C(C)C)CC1. The summed E-state index contributed by atoms with van der Waals surface area (Å²) in [6.07, 6.45) is 3.93. The van der Waals surface area contributed by atoms with Gasteiger partial charge in [0.1, 0.15) is 11.6 Å². The molecule has 1 aromatic carbocycles. The van der Waals surface area contributed by atoms with E-state index in [-0.39, 0.29) is 12.5 Å². The van der Waals surface area contributed by atoms with Crippen molar-refractivity contribution < 1.29 is 9.53 Å². The first-order chi connectivity index (χ1) is 13.0. The predicted molar refractivity (Wildman–Crippen MR) is 106 cm³/mol. The van der Waals surface area contributed by atoms with Crippen molar-refractivity contribution >= 4 is 5.91 Å². The van der Waals surface area contributed by atoms with Gasteiger partial charge in [-0.1, -0.05) is 32.0 Å². The van der Waals surface area contributed by atoms with Crippen LogP contribution in [0.15, 0.2) is 36.7 Å². The van der Waals surface area contributed by atoms with E-state index >= 15 is 0 Å². The maximum atomic E-state index is 12.4. The van der Waals surface area contributed by atoms with E-state index in [1.165, 1.54) is 0 Å². The van der Waals surface area contributed by atoms with Crippen LogP contribution in [0.2, 0.25) is 0 Å². The Morgan fingerprint density at radius 3 is 2.59 bits per heavy atom. The molecule has 6 nitrogen and oxygen atoms in total. The molecule has 2 aromatic rings. The van der Waals surface area contributed by atoms with Gasteiger partial charge >= 0.3 is 0 Å². The van der Waals surface area contributed by atoms with Gasteiger partial charge in [0.05, 0.1) is 0 Å². The number of carbonyl (C=O) groups is 1. The molecule has 1 aliphatic rings. The highest BCUT2D eigenvalue weighted by molar-refractivity contribution is 5.78. The molecule has 0 atom stereocenters. The van der Waals surface area contributed by atoms with Crippen molar-refractivity contribution in [3.63, 3.8) is 0 Å². The summed E-state index contributed by atoms with van der Waals surface area (Å²) >= 11 is 0. The van der Waals surface area contributed by atoms with Crippen LogP contribution < -0.4 is 4.74 Å². The number of carbonyl (C=O) groups excluding carboxylic acids is 1. The molecule has 0 spiro atoms. The lowest BCUT2D eigenvalue weighted by atomic mass is 10.2. The summed E-state index contributed by atoms with van der Waals surface area (Å²) in [5.41, 5.74) is 1.05. The van der Waals surface area contributed by atoms with E-state index in [2.05, 4.69) is 34.5 Å². The molecule has 1 saturated heterocycles. The van der Waals surface area contributed by atoms with Crippen LogP contribution in [0.3, 0.4) is 0 Å². The summed E-state index contributed by atoms with van der Waals surface area (Å²) in [5.74, 6) is 2.42. The molecule has 3 rings (SSSR count). The normalized spacial score (nSPS) is 15.3. The van der Waals surface area contributed by atoms with Crippen LogP contribution >= 0.6 is 0 Å². The van der Waals surface area contributed by atoms with Crippen molar-refractivity contribution in [2.24, 2.45) is 0 Å². The lowest BCUT2D eigenvalue weighted by molar-refractivity contribution is -0.135. The second-order valence-corrected chi connectivity index (χ2v) is 7.41. The quantitative estimate of drug-likeness (QED) is 0.752. The lowest BCUT2D eigenvalue weighted by Crippen LogP contribution is -2.50. The smallest absolute Gasteiger partial charge is 0.260 e. The van der Waals surface area contributed by atoms with Crippen LogP contribution in [0.5, 0.6) is 5.75 Å². The fraction of sp³-hybridized carbons (Fsp3) is 0.524. The van der Waals surface area contributed by atoms with Crippen molar-refractivity contribution in [2.75, 3.05) is 39.3 Å². The van der Waals surface area contributed by atoms with Gasteiger partial charge in [0.2, 0.25) is 0 Å². The highest BCUT2D eigenvalue weighted by Crippen LogP contribution is 2.16. The summed E-state index contributed by atoms with van der Waals surface area (Å²) in [5, 5.41) is 0. The van der Waals surface area contributed by atoms with E-state index in [0.717, 1.165) is 56.4 Å². The number of hydrogen-bond acceptors (Lipinski definition) is 4. The second kappa shape index (κ2) is 9.04. The Morgan fingerprint density at radius 2 is 1.89 bits per heavy atom. The van der Waals surface area contributed by atoms with Crippen molar-refractivity contribution in [3.8, 4) is 5.75 Å². The minimum atomic E-state index is 0.0645. The first-order valence-corrected chi connectivity index (χ1v) is 9.74. The number of piperazine rings is 1. The number of nitrogens with zero attached hydrogens (tertiary/aromatic N) is 4. The number of para-hydroxylation sites is 1. The minimum Gasteiger partial charge on any atom is -0.484 e. The average Bonchev–Trinajstić information content (AvgIpc) is 3.15. The summed E-state index contributed by atoms with van der Waals surface area (Å²) in [4.78, 5) is 21.2. The Labute approximate surface area is 161 Å². The third-order valence-electron chi connectivity index (χ3n) is 5.09. The highest BCUT2D eigenvalue weighted by Gasteiger charge is 2.21. The molecule has 0 saturated carbocycles. The monoisotopic (exact) mass is 370 g/mol. The molecule has 6 heteroatoms. The van der Waals surface area contributed by atoms with Gasteiger partial charge in [-0.15, -0.1) is 0 Å². The van der Waals surface area contributed by atoms with Gasteiger partial charge in [-0.2, -0.15) is 0 Å². The summed E-state index contributed by atoms with van der Waals surface area (Å²) in [7, 11) is 0. The molecular weight excluding hydrogens is 340 g/mol. The molecule has 27 heavy (non-hydrogen) atoms. The molecular formula is C21H30N4O2. The molecule has 1 fully saturated rings. The summed E-state index contributed by atoms with van der Waals surface area (Å²) in [6, 6.07) is 7.79. The van der Waals surface area contributed by atoms with E-state index in [0.29, 0.717) is 5.92 Å². The van der Waals surface area contributed by atoms with Gasteiger partial charge in [-0.25, -0.2) is 4.98 Å². The van der Waals surface area contributed by atoms with Crippen LogP contribution in [0, 0.1) is 6.92 Å². The van der Waals surface area contributed by atoms with Gasteiger partial charge in [-0.3, -0.25) is 9.69 Å². The Morgan fingerprint density at radius 1 is 1.15 bits per heavy atom. The Bertz CT molecular complexity index is 748. The van der Waals surface area contributed by atoms with Crippen LogP contribution in [0.1, 0.15) is 31.2 Å². The van der Waals surface area contributed by atoms with Crippen LogP contribution in [-0.2, 0) is 11.3 Å². The van der Waals surface area contributed by atoms with Gasteiger partial charge in [0.15, 0.2) is 6.61 Å². The molecule has 1 aliphatic heterocycles. The zero-order valence-corrected chi connectivity index (χ0v) is 16.6. The Kier molecular flexibility index (Phi) is 6.50. The predicted octanol–water partition coefficient (Wildman–Crippen LogP) is 2.54. The fourth-order valence-corrected chi connectivity index (χ4v) is 3.43. The van der Waals surface area contributed by atoms with Gasteiger partial charge in [0, 0.05) is 57.6 Å². The standard InChI is InChI=1S/C21H30N4O2/c1-17(2)21-22-8-9-25(21)15-12-23-10-13-24(14-11-23)20(26)16-27-19-7-5-4-6-18(19)3/h4-9,17H,10-16H2,1-3H3. The van der Waals surface area contributed by atoms with E-state index < -0.39 is 0 Å². The molecule has 0 radical (unpaired) electrons. The maximum absolute atomic E-state index is 12.4. The first kappa shape index (κ1) is 19.4. The zero-order valence-electron chi connectivity index (χ0n) is 16.6. The van der Waals surface area contributed by atoms with E-state index in [1.54, 1.807) is 0 Å². The van der Waals surface area contributed by atoms with Crippen molar-refractivity contribution in [2.45, 2.75) is 33.2 Å². The van der Waals surface area contributed by atoms with Gasteiger partial charge < -0.3 is 14.2 Å². The third-order valence-corrected chi connectivity index (χ3v) is 5.09. The van der Waals surface area contributed by atoms with Gasteiger partial charge in [0.25, 0.3) is 5.91 Å². The van der Waals surface area contributed by atoms with Crippen molar-refractivity contribution in [1.82, 2.24) is 19.4 Å². The number of aryl methyl sites for hydroxylation is 1. The van der Waals surface area contributed by atoms with E-state index in [4.69, 9.17) is 4.74 Å². The summed E-state index contributed by atoms with van der Waals surface area (Å²) < 4.78 is 7.93. The first-order valence-electron chi connectivity index (χ1n) is 9.74. The van der Waals surface area contributed by atoms with Gasteiger partial charge in [-0.05, 0) is 18.6 Å². The largest absolute Gasteiger partial charge is 0.484 e. The molecule has 1 amide bonds. The number of ether oxygens (including phenoxy) is 1. The topological polar surface area (TPSA) is 50.6 Å². The highest BCUT2D eigenvalue weighted by atomic mass is 16.5. The average molecular weight is 370 g/mol. The molecule has 146 valence electrons. The Balaban J connectivity index is 1.41. The molecule has 0 bridgehead atoms. The minimum absolute atomic E-state index is 0.0645. The number of imidazole rings is 1. The number of rotatable bonds is 7. The number of hydrogen-bond donors (Lipinski definition) is 0. The molecule has 2 heterocycles. The zero-order chi connectivity index (χ0) is 19.2. The van der Waals surface area contributed by atoms with E-state index in [9.17, 15) is 4.79 Å². The molecule has 0 unspecified atom stereocenters. The Hall–Kier alpha value is -2.34. The maximum Gasteiger partial charge on any atom is 0.260 e. The fourth-order valence-electron chi connectivity index (χ4n) is 3.43. The second-order valence-electron chi connectivity index (χ2n) is 7.41. The summed E-state index contributed by atoms with van der Waals surface area (Å²) in [6.45, 7) is 11.7. The van der Waals surface area contributed by atoms with Crippen molar-refractivity contribution in [1.29, 1.82) is 0 Å². The van der Waals surface area contributed by atoms with E-state index in [1.807, 2.05) is 42.3 Å². The van der Waals surface area contributed by atoms with Crippen molar-refractivity contribution in [3.05, 3.63) is 48.0 Å².